The number of carboxylic acids is 1. The highest BCUT2D eigenvalue weighted by Crippen LogP contribution is 2.34. The van der Waals surface area contributed by atoms with Gasteiger partial charge in [0.25, 0.3) is 11.5 Å². The Morgan fingerprint density at radius 3 is 2.57 bits per heavy atom. The lowest BCUT2D eigenvalue weighted by atomic mass is 10.1. The summed E-state index contributed by atoms with van der Waals surface area (Å²) in [6.45, 7) is 3.61. The summed E-state index contributed by atoms with van der Waals surface area (Å²) >= 11 is 0.576. The minimum Gasteiger partial charge on any atom is -0.480 e. The molecule has 0 unspecified atom stereocenters. The second kappa shape index (κ2) is 5.14. The Morgan fingerprint density at radius 1 is 1.48 bits per heavy atom. The van der Waals surface area contributed by atoms with Crippen LogP contribution in [0.15, 0.2) is 4.79 Å². The van der Waals surface area contributed by atoms with Gasteiger partial charge >= 0.3 is 5.97 Å². The van der Waals surface area contributed by atoms with Gasteiger partial charge in [0.1, 0.15) is 16.8 Å². The van der Waals surface area contributed by atoms with Crippen LogP contribution in [0.25, 0.3) is 10.2 Å². The van der Waals surface area contributed by atoms with Crippen molar-refractivity contribution in [3.63, 3.8) is 0 Å². The predicted octanol–water partition coefficient (Wildman–Crippen LogP) is 2.17. The summed E-state index contributed by atoms with van der Waals surface area (Å²) < 4.78 is 27.6. The van der Waals surface area contributed by atoms with E-state index in [9.17, 15) is 18.4 Å². The lowest BCUT2D eigenvalue weighted by Gasteiger charge is -2.08. The maximum atomic E-state index is 13.4. The number of alkyl halides is 2. The molecule has 0 aromatic carbocycles. The van der Waals surface area contributed by atoms with Crippen LogP contribution in [0.1, 0.15) is 37.4 Å². The van der Waals surface area contributed by atoms with Crippen molar-refractivity contribution >= 4 is 27.5 Å². The molecule has 0 radical (unpaired) electrons. The number of rotatable bonds is 4. The zero-order chi connectivity index (χ0) is 15.9. The standard InChI is InChI=1S/C12H13F2N3O3S/c1-5(2)7-8-9(21-11(15-8)12(3,13)14)10(20)17(16-7)4-6(18)19/h5H,4H2,1-3H3,(H,18,19). The minimum absolute atomic E-state index is 0.00600. The molecule has 2 rings (SSSR count). The van der Waals surface area contributed by atoms with Crippen LogP contribution in [-0.4, -0.2) is 25.8 Å². The van der Waals surface area contributed by atoms with E-state index in [0.717, 1.165) is 4.68 Å². The van der Waals surface area contributed by atoms with Crippen molar-refractivity contribution in [2.24, 2.45) is 0 Å². The summed E-state index contributed by atoms with van der Waals surface area (Å²) in [5.74, 6) is -4.58. The first-order valence-corrected chi connectivity index (χ1v) is 6.94. The van der Waals surface area contributed by atoms with Crippen LogP contribution < -0.4 is 5.56 Å². The van der Waals surface area contributed by atoms with Crippen molar-refractivity contribution in [3.8, 4) is 0 Å². The Balaban J connectivity index is 2.80. The van der Waals surface area contributed by atoms with Crippen molar-refractivity contribution in [3.05, 3.63) is 21.1 Å². The van der Waals surface area contributed by atoms with Crippen LogP contribution in [0.4, 0.5) is 8.78 Å². The molecule has 114 valence electrons. The first-order chi connectivity index (χ1) is 9.61. The van der Waals surface area contributed by atoms with Gasteiger partial charge in [-0.25, -0.2) is 9.67 Å². The average molecular weight is 317 g/mol. The van der Waals surface area contributed by atoms with Crippen molar-refractivity contribution in [1.82, 2.24) is 14.8 Å². The fourth-order valence-electron chi connectivity index (χ4n) is 1.79. The summed E-state index contributed by atoms with van der Waals surface area (Å²) in [7, 11) is 0. The van der Waals surface area contributed by atoms with Gasteiger partial charge in [-0.1, -0.05) is 13.8 Å². The maximum Gasteiger partial charge on any atom is 0.325 e. The lowest BCUT2D eigenvalue weighted by Crippen LogP contribution is -2.27. The van der Waals surface area contributed by atoms with Crippen LogP contribution >= 0.6 is 11.3 Å². The molecule has 6 nitrogen and oxygen atoms in total. The van der Waals surface area contributed by atoms with Gasteiger partial charge in [-0.2, -0.15) is 13.9 Å². The molecule has 0 aliphatic rings. The zero-order valence-electron chi connectivity index (χ0n) is 11.6. The molecule has 0 fully saturated rings. The van der Waals surface area contributed by atoms with Gasteiger partial charge in [-0.3, -0.25) is 9.59 Å². The number of aliphatic carboxylic acids is 1. The number of halogens is 2. The summed E-state index contributed by atoms with van der Waals surface area (Å²) in [5.41, 5.74) is -0.263. The number of thiazole rings is 1. The topological polar surface area (TPSA) is 85.1 Å². The maximum absolute atomic E-state index is 13.4. The Morgan fingerprint density at radius 2 is 2.10 bits per heavy atom. The van der Waals surface area contributed by atoms with Gasteiger partial charge < -0.3 is 5.11 Å². The molecule has 1 N–H and O–H groups in total. The van der Waals surface area contributed by atoms with Crippen molar-refractivity contribution in [2.75, 3.05) is 0 Å². The first kappa shape index (κ1) is 15.5. The molecular weight excluding hydrogens is 304 g/mol. The van der Waals surface area contributed by atoms with Crippen molar-refractivity contribution in [2.45, 2.75) is 39.2 Å². The van der Waals surface area contributed by atoms with Gasteiger partial charge in [-0.15, -0.1) is 11.3 Å². The molecule has 0 aliphatic carbocycles. The number of nitrogens with zero attached hydrogens (tertiary/aromatic N) is 3. The van der Waals surface area contributed by atoms with E-state index in [2.05, 4.69) is 10.1 Å². The van der Waals surface area contributed by atoms with E-state index >= 15 is 0 Å². The monoisotopic (exact) mass is 317 g/mol. The van der Waals surface area contributed by atoms with Crippen LogP contribution in [0.3, 0.4) is 0 Å². The number of carboxylic acid groups (broad SMARTS) is 1. The molecule has 0 amide bonds. The highest BCUT2D eigenvalue weighted by molar-refractivity contribution is 7.18. The van der Waals surface area contributed by atoms with Gasteiger partial charge in [0.15, 0.2) is 5.01 Å². The van der Waals surface area contributed by atoms with Crippen LogP contribution in [0, 0.1) is 0 Å². The largest absolute Gasteiger partial charge is 0.480 e. The molecule has 0 aliphatic heterocycles. The van der Waals surface area contributed by atoms with Gasteiger partial charge in [-0.05, 0) is 5.92 Å². The fourth-order valence-corrected chi connectivity index (χ4v) is 2.74. The number of aromatic nitrogens is 3. The molecule has 0 saturated heterocycles. The van der Waals surface area contributed by atoms with E-state index in [1.54, 1.807) is 13.8 Å². The summed E-state index contributed by atoms with van der Waals surface area (Å²) in [4.78, 5) is 26.7. The average Bonchev–Trinajstić information content (AvgIpc) is 2.76. The van der Waals surface area contributed by atoms with E-state index < -0.39 is 29.0 Å². The van der Waals surface area contributed by atoms with E-state index in [-0.39, 0.29) is 16.1 Å². The second-order valence-electron chi connectivity index (χ2n) is 4.98. The van der Waals surface area contributed by atoms with Crippen LogP contribution in [0.5, 0.6) is 0 Å². The van der Waals surface area contributed by atoms with Crippen molar-refractivity contribution in [1.29, 1.82) is 0 Å². The first-order valence-electron chi connectivity index (χ1n) is 6.13. The fraction of sp³-hybridized carbons (Fsp3) is 0.500. The van der Waals surface area contributed by atoms with Gasteiger partial charge in [0.05, 0.1) is 5.69 Å². The third-order valence-corrected chi connectivity index (χ3v) is 3.95. The molecule has 0 spiro atoms. The molecular formula is C12H13F2N3O3S. The normalized spacial score (nSPS) is 12.3. The Bertz CT molecular complexity index is 761. The van der Waals surface area contributed by atoms with E-state index in [4.69, 9.17) is 5.11 Å². The number of carbonyl (C=O) groups is 1. The van der Waals surface area contributed by atoms with Crippen molar-refractivity contribution < 1.29 is 18.7 Å². The molecule has 0 atom stereocenters. The molecule has 2 heterocycles. The van der Waals surface area contributed by atoms with Crippen LogP contribution in [-0.2, 0) is 17.3 Å². The zero-order valence-corrected chi connectivity index (χ0v) is 12.4. The number of hydrogen-bond acceptors (Lipinski definition) is 5. The molecule has 21 heavy (non-hydrogen) atoms. The lowest BCUT2D eigenvalue weighted by molar-refractivity contribution is -0.138. The Labute approximate surface area is 122 Å². The number of hydrogen-bond donors (Lipinski definition) is 1. The van der Waals surface area contributed by atoms with Gasteiger partial charge in [0, 0.05) is 6.92 Å². The summed E-state index contributed by atoms with van der Waals surface area (Å²) in [6, 6.07) is 0. The SMILES string of the molecule is CC(C)c1nn(CC(=O)O)c(=O)c2sc(C(C)(F)F)nc12. The van der Waals surface area contributed by atoms with Gasteiger partial charge in [0.2, 0.25) is 0 Å². The highest BCUT2D eigenvalue weighted by Gasteiger charge is 2.31. The second-order valence-corrected chi connectivity index (χ2v) is 5.98. The Hall–Kier alpha value is -1.90. The third kappa shape index (κ3) is 2.92. The Kier molecular flexibility index (Phi) is 3.79. The summed E-state index contributed by atoms with van der Waals surface area (Å²) in [6.07, 6.45) is 0. The molecule has 2 aromatic heterocycles. The highest BCUT2D eigenvalue weighted by atomic mass is 32.1. The third-order valence-electron chi connectivity index (χ3n) is 2.73. The summed E-state index contributed by atoms with van der Waals surface area (Å²) in [5, 5.41) is 12.3. The quantitative estimate of drug-likeness (QED) is 0.934. The van der Waals surface area contributed by atoms with E-state index in [1.807, 2.05) is 0 Å². The predicted molar refractivity (Wildman–Crippen MR) is 73.0 cm³/mol. The minimum atomic E-state index is -3.16. The molecule has 9 heteroatoms. The van der Waals surface area contributed by atoms with E-state index in [0.29, 0.717) is 24.0 Å². The van der Waals surface area contributed by atoms with E-state index in [1.165, 1.54) is 0 Å². The molecule has 2 aromatic rings. The van der Waals surface area contributed by atoms with Crippen LogP contribution in [0.2, 0.25) is 0 Å². The molecule has 0 saturated carbocycles. The molecule has 0 bridgehead atoms. The number of fused-ring (bicyclic) bond motifs is 1. The smallest absolute Gasteiger partial charge is 0.325 e.